The Balaban J connectivity index is 2.44. The van der Waals surface area contributed by atoms with Gasteiger partial charge in [-0.05, 0) is 12.1 Å². The van der Waals surface area contributed by atoms with Crippen LogP contribution in [0.2, 0.25) is 0 Å². The van der Waals surface area contributed by atoms with E-state index in [1.807, 2.05) is 0 Å². The van der Waals surface area contributed by atoms with Crippen molar-refractivity contribution in [1.29, 1.82) is 0 Å². The highest BCUT2D eigenvalue weighted by molar-refractivity contribution is 7.86. The Bertz CT molecular complexity index is 1120. The molecule has 182 valence electrons. The maximum atomic E-state index is 12.6. The lowest BCUT2D eigenvalue weighted by molar-refractivity contribution is -0.239. The van der Waals surface area contributed by atoms with Crippen LogP contribution in [-0.2, 0) is 47.6 Å². The van der Waals surface area contributed by atoms with Crippen LogP contribution in [0, 0.1) is 0 Å². The Morgan fingerprint density at radius 2 is 1.47 bits per heavy atom. The average molecular weight is 518 g/mol. The molecule has 1 aromatic carbocycles. The molecule has 13 nitrogen and oxygen atoms in total. The van der Waals surface area contributed by atoms with Crippen LogP contribution in [0.4, 0.5) is 0 Å². The van der Waals surface area contributed by atoms with E-state index >= 15 is 0 Å². The van der Waals surface area contributed by atoms with Crippen LogP contribution in [0.25, 0.3) is 0 Å². The van der Waals surface area contributed by atoms with Crippen molar-refractivity contribution in [2.45, 2.75) is 30.6 Å². The third-order valence-electron chi connectivity index (χ3n) is 4.02. The first kappa shape index (κ1) is 26.6. The third-order valence-corrected chi connectivity index (χ3v) is 5.73. The number of carbonyl (C=O) groups excluding carboxylic acids is 1. The maximum absolute atomic E-state index is 12.6. The molecular weight excluding hydrogens is 494 g/mol. The average Bonchev–Trinajstić information content (AvgIpc) is 2.63. The molecule has 1 aliphatic rings. The maximum Gasteiger partial charge on any atom is 0.264 e. The quantitative estimate of drug-likeness (QED) is 0.349. The molecule has 0 spiro atoms. The van der Waals surface area contributed by atoms with E-state index in [0.717, 1.165) is 0 Å². The van der Waals surface area contributed by atoms with Gasteiger partial charge in [0, 0.05) is 5.56 Å². The van der Waals surface area contributed by atoms with Crippen molar-refractivity contribution < 1.29 is 52.4 Å². The molecule has 0 aliphatic carbocycles. The molecule has 2 N–H and O–H groups in total. The van der Waals surface area contributed by atoms with Crippen molar-refractivity contribution in [1.82, 2.24) is 5.32 Å². The van der Waals surface area contributed by atoms with Crippen LogP contribution in [-0.4, -0.2) is 92.3 Å². The number of aliphatic hydroxyl groups excluding tert-OH is 1. The number of hydrogen-bond donors (Lipinski definition) is 2. The fraction of sp³-hybridized carbons (Fsp3) is 0.562. The number of carbonyl (C=O) groups is 1. The van der Waals surface area contributed by atoms with Gasteiger partial charge in [0.15, 0.2) is 6.29 Å². The lowest BCUT2D eigenvalue weighted by Crippen LogP contribution is -2.66. The monoisotopic (exact) mass is 517 g/mol. The summed E-state index contributed by atoms with van der Waals surface area (Å²) in [5.41, 5.74) is 0.140. The molecule has 1 amide bonds. The number of hydrogen-bond acceptors (Lipinski definition) is 12. The minimum Gasteiger partial charge on any atom is -0.366 e. The summed E-state index contributed by atoms with van der Waals surface area (Å²) in [5, 5.41) is 12.8. The predicted octanol–water partition coefficient (Wildman–Crippen LogP) is -1.83. The summed E-state index contributed by atoms with van der Waals surface area (Å²) in [7, 11) is -12.6. The smallest absolute Gasteiger partial charge is 0.264 e. The molecule has 0 bridgehead atoms. The lowest BCUT2D eigenvalue weighted by Gasteiger charge is -2.43. The summed E-state index contributed by atoms with van der Waals surface area (Å²) >= 11 is 0. The molecule has 0 saturated carbocycles. The summed E-state index contributed by atoms with van der Waals surface area (Å²) < 4.78 is 89.6. The first-order valence-corrected chi connectivity index (χ1v) is 14.3. The molecule has 1 aromatic rings. The Labute approximate surface area is 186 Å². The Morgan fingerprint density at radius 3 is 1.97 bits per heavy atom. The van der Waals surface area contributed by atoms with Gasteiger partial charge in [-0.1, -0.05) is 18.2 Å². The molecule has 5 unspecified atom stereocenters. The van der Waals surface area contributed by atoms with Crippen molar-refractivity contribution in [2.24, 2.45) is 0 Å². The summed E-state index contributed by atoms with van der Waals surface area (Å²) in [5.74, 6) is -0.760. The fourth-order valence-electron chi connectivity index (χ4n) is 2.86. The zero-order valence-corrected chi connectivity index (χ0v) is 19.6. The highest BCUT2D eigenvalue weighted by Crippen LogP contribution is 2.28. The number of aliphatic hydroxyl groups is 1. The highest BCUT2D eigenvalue weighted by Gasteiger charge is 2.51. The van der Waals surface area contributed by atoms with Gasteiger partial charge >= 0.3 is 0 Å². The van der Waals surface area contributed by atoms with Gasteiger partial charge in [-0.15, -0.1) is 0 Å². The van der Waals surface area contributed by atoms with Gasteiger partial charge in [0.2, 0.25) is 0 Å². The summed E-state index contributed by atoms with van der Waals surface area (Å²) in [4.78, 5) is 12.6. The van der Waals surface area contributed by atoms with E-state index in [4.69, 9.17) is 13.1 Å². The highest BCUT2D eigenvalue weighted by atomic mass is 32.2. The third kappa shape index (κ3) is 8.36. The van der Waals surface area contributed by atoms with Gasteiger partial charge < -0.3 is 15.2 Å². The molecule has 16 heteroatoms. The molecule has 5 atom stereocenters. The van der Waals surface area contributed by atoms with Gasteiger partial charge in [-0.25, -0.2) is 0 Å². The second-order valence-corrected chi connectivity index (χ2v) is 11.8. The summed E-state index contributed by atoms with van der Waals surface area (Å²) in [6, 6.07) is 6.00. The zero-order valence-electron chi connectivity index (χ0n) is 17.1. The topological polar surface area (TPSA) is 189 Å². The van der Waals surface area contributed by atoms with Crippen LogP contribution in [0.1, 0.15) is 10.4 Å². The van der Waals surface area contributed by atoms with Gasteiger partial charge in [0.05, 0.1) is 25.4 Å². The second-order valence-electron chi connectivity index (χ2n) is 6.95. The van der Waals surface area contributed by atoms with E-state index in [-0.39, 0.29) is 5.56 Å². The summed E-state index contributed by atoms with van der Waals surface area (Å²) in [6.45, 7) is -0.834. The minimum atomic E-state index is -4.29. The van der Waals surface area contributed by atoms with Crippen LogP contribution >= 0.6 is 0 Å². The molecular formula is C16H23NO12S3. The Morgan fingerprint density at radius 1 is 0.938 bits per heavy atom. The minimum absolute atomic E-state index is 0.140. The molecule has 0 aromatic heterocycles. The fourth-order valence-corrected chi connectivity index (χ4v) is 4.51. The first-order chi connectivity index (χ1) is 14.6. The molecule has 1 aliphatic heterocycles. The van der Waals surface area contributed by atoms with Crippen LogP contribution < -0.4 is 5.32 Å². The van der Waals surface area contributed by atoms with Crippen molar-refractivity contribution in [3.8, 4) is 0 Å². The molecule has 1 fully saturated rings. The number of amides is 1. The number of rotatable bonds is 9. The normalized spacial score (nSPS) is 27.1. The van der Waals surface area contributed by atoms with Crippen LogP contribution in [0.3, 0.4) is 0 Å². The van der Waals surface area contributed by atoms with E-state index in [1.54, 1.807) is 18.2 Å². The largest absolute Gasteiger partial charge is 0.366 e. The van der Waals surface area contributed by atoms with Crippen LogP contribution in [0.15, 0.2) is 30.3 Å². The van der Waals surface area contributed by atoms with Gasteiger partial charge in [0.1, 0.15) is 24.4 Å². The number of benzene rings is 1. The van der Waals surface area contributed by atoms with E-state index in [0.29, 0.717) is 18.8 Å². The SMILES string of the molecule is CS(=O)(=O)OCC1OC(O)C(NC(=O)c2ccccc2)C(OS(C)(=O)=O)C1OS(C)(=O)=O. The molecule has 0 radical (unpaired) electrons. The van der Waals surface area contributed by atoms with E-state index in [1.165, 1.54) is 12.1 Å². The van der Waals surface area contributed by atoms with E-state index in [2.05, 4.69) is 9.50 Å². The van der Waals surface area contributed by atoms with Crippen molar-refractivity contribution in [2.75, 3.05) is 25.4 Å². The molecule has 2 rings (SSSR count). The van der Waals surface area contributed by atoms with E-state index < -0.39 is 73.5 Å². The number of nitrogens with one attached hydrogen (secondary N) is 1. The van der Waals surface area contributed by atoms with Gasteiger partial charge in [0.25, 0.3) is 36.3 Å². The summed E-state index contributed by atoms with van der Waals surface area (Å²) in [6.07, 6.45) is -5.17. The second kappa shape index (κ2) is 10.1. The Kier molecular flexibility index (Phi) is 8.38. The van der Waals surface area contributed by atoms with Crippen molar-refractivity contribution in [3.05, 3.63) is 35.9 Å². The molecule has 1 heterocycles. The molecule has 32 heavy (non-hydrogen) atoms. The number of ether oxygens (including phenoxy) is 1. The van der Waals surface area contributed by atoms with Crippen molar-refractivity contribution in [3.63, 3.8) is 0 Å². The predicted molar refractivity (Wildman–Crippen MR) is 109 cm³/mol. The zero-order chi connectivity index (χ0) is 24.3. The van der Waals surface area contributed by atoms with Crippen LogP contribution in [0.5, 0.6) is 0 Å². The van der Waals surface area contributed by atoms with Gasteiger partial charge in [-0.3, -0.25) is 17.3 Å². The lowest BCUT2D eigenvalue weighted by atomic mass is 9.96. The van der Waals surface area contributed by atoms with Gasteiger partial charge in [-0.2, -0.15) is 25.3 Å². The standard InChI is InChI=1S/C16H23NO12S3/c1-30(20,21)26-9-11-13(28-31(2,22)23)14(29-32(3,24)25)12(16(19)27-11)17-15(18)10-7-5-4-6-8-10/h4-8,11-14,16,19H,9H2,1-3H3,(H,17,18). The first-order valence-electron chi connectivity index (χ1n) is 8.86. The molecule has 1 saturated heterocycles. The van der Waals surface area contributed by atoms with E-state index in [9.17, 15) is 35.2 Å². The van der Waals surface area contributed by atoms with Crippen molar-refractivity contribution >= 4 is 36.3 Å². The Hall–Kier alpha value is -1.66.